The molecule has 0 aromatic heterocycles. The summed E-state index contributed by atoms with van der Waals surface area (Å²) in [6, 6.07) is 0. The van der Waals surface area contributed by atoms with Gasteiger partial charge in [0.2, 0.25) is 0 Å². The molecule has 0 aliphatic heterocycles. The average Bonchev–Trinajstić information content (AvgIpc) is 2.85. The van der Waals surface area contributed by atoms with Crippen LogP contribution in [-0.2, 0) is 0 Å². The third kappa shape index (κ3) is 11.5. The van der Waals surface area contributed by atoms with Gasteiger partial charge in [0.1, 0.15) is 0 Å². The molecule has 0 saturated heterocycles. The summed E-state index contributed by atoms with van der Waals surface area (Å²) in [6.45, 7) is 23.0. The molecule has 0 nitrogen and oxygen atoms in total. The van der Waals surface area contributed by atoms with Crippen molar-refractivity contribution < 1.29 is 0 Å². The highest BCUT2D eigenvalue weighted by molar-refractivity contribution is 5.34. The van der Waals surface area contributed by atoms with Crippen molar-refractivity contribution in [3.05, 3.63) is 118 Å². The SMILES string of the molecule is CC1=C(CC/C(C)=C/C=C\C(C)=C\C=C\C=C(/C)C=CCC(C)/C=C/C2=C(C)CCCC2(C)C)C(C)(C)C=CC1. The zero-order chi connectivity index (χ0) is 29.8. The summed E-state index contributed by atoms with van der Waals surface area (Å²) in [5, 5.41) is 0. The first-order valence-electron chi connectivity index (χ1n) is 15.6. The normalized spacial score (nSPS) is 21.7. The Morgan fingerprint density at radius 3 is 2.23 bits per heavy atom. The maximum Gasteiger partial charge on any atom is 0.00371 e. The van der Waals surface area contributed by atoms with Gasteiger partial charge in [-0.1, -0.05) is 147 Å². The Hall–Kier alpha value is -2.60. The van der Waals surface area contributed by atoms with Crippen LogP contribution in [0.2, 0.25) is 0 Å². The fourth-order valence-corrected chi connectivity index (χ4v) is 5.95. The molecule has 0 fully saturated rings. The molecule has 2 aliphatic carbocycles. The molecule has 0 aromatic rings. The van der Waals surface area contributed by atoms with Crippen molar-refractivity contribution in [2.24, 2.45) is 16.7 Å². The highest BCUT2D eigenvalue weighted by Crippen LogP contribution is 2.41. The van der Waals surface area contributed by atoms with Crippen LogP contribution in [-0.4, -0.2) is 0 Å². The van der Waals surface area contributed by atoms with Crippen molar-refractivity contribution >= 4 is 0 Å². The van der Waals surface area contributed by atoms with Crippen molar-refractivity contribution in [1.82, 2.24) is 0 Å². The topological polar surface area (TPSA) is 0 Å². The molecule has 0 amide bonds. The van der Waals surface area contributed by atoms with Gasteiger partial charge in [-0.25, -0.2) is 0 Å². The highest BCUT2D eigenvalue weighted by atomic mass is 14.3. The molecule has 2 aliphatic rings. The van der Waals surface area contributed by atoms with Gasteiger partial charge in [0.25, 0.3) is 0 Å². The minimum atomic E-state index is 0.200. The van der Waals surface area contributed by atoms with Crippen molar-refractivity contribution in [3.63, 3.8) is 0 Å². The maximum absolute atomic E-state index is 2.41. The third-order valence-corrected chi connectivity index (χ3v) is 8.61. The van der Waals surface area contributed by atoms with E-state index < -0.39 is 0 Å². The van der Waals surface area contributed by atoms with Crippen LogP contribution in [0.1, 0.15) is 114 Å². The van der Waals surface area contributed by atoms with E-state index >= 15 is 0 Å². The van der Waals surface area contributed by atoms with Crippen LogP contribution >= 0.6 is 0 Å². The minimum Gasteiger partial charge on any atom is -0.0837 e. The fraction of sp³-hybridized carbons (Fsp3) is 0.500. The molecule has 40 heavy (non-hydrogen) atoms. The number of rotatable bonds is 12. The van der Waals surface area contributed by atoms with Gasteiger partial charge in [-0.05, 0) is 96.5 Å². The maximum atomic E-state index is 2.41. The Balaban J connectivity index is 1.79. The van der Waals surface area contributed by atoms with Gasteiger partial charge in [0, 0.05) is 5.41 Å². The van der Waals surface area contributed by atoms with Crippen molar-refractivity contribution in [1.29, 1.82) is 0 Å². The lowest BCUT2D eigenvalue weighted by molar-refractivity contribution is 0.376. The molecule has 0 radical (unpaired) electrons. The predicted octanol–water partition coefficient (Wildman–Crippen LogP) is 12.7. The summed E-state index contributed by atoms with van der Waals surface area (Å²) in [5.74, 6) is 0.546. The van der Waals surface area contributed by atoms with E-state index in [0.29, 0.717) is 11.3 Å². The third-order valence-electron chi connectivity index (χ3n) is 8.61. The second-order valence-electron chi connectivity index (χ2n) is 13.6. The van der Waals surface area contributed by atoms with Crippen molar-refractivity contribution in [2.75, 3.05) is 0 Å². The van der Waals surface area contributed by atoms with Gasteiger partial charge in [-0.3, -0.25) is 0 Å². The Morgan fingerprint density at radius 1 is 0.900 bits per heavy atom. The van der Waals surface area contributed by atoms with Crippen LogP contribution < -0.4 is 0 Å². The minimum absolute atomic E-state index is 0.200. The van der Waals surface area contributed by atoms with E-state index in [-0.39, 0.29) is 5.41 Å². The van der Waals surface area contributed by atoms with E-state index in [1.54, 1.807) is 22.3 Å². The van der Waals surface area contributed by atoms with E-state index in [1.807, 2.05) is 0 Å². The highest BCUT2D eigenvalue weighted by Gasteiger charge is 2.26. The van der Waals surface area contributed by atoms with Crippen LogP contribution in [0.5, 0.6) is 0 Å². The van der Waals surface area contributed by atoms with Gasteiger partial charge in [0.15, 0.2) is 0 Å². The summed E-state index contributed by atoms with van der Waals surface area (Å²) >= 11 is 0. The Morgan fingerprint density at radius 2 is 1.57 bits per heavy atom. The Labute approximate surface area is 248 Å². The molecule has 0 bridgehead atoms. The number of allylic oxidation sites excluding steroid dienone is 20. The van der Waals surface area contributed by atoms with Crippen LogP contribution in [0.3, 0.4) is 0 Å². The second-order valence-corrected chi connectivity index (χ2v) is 13.6. The molecule has 1 unspecified atom stereocenters. The zero-order valence-electron chi connectivity index (χ0n) is 27.5. The molecule has 0 heteroatoms. The summed E-state index contributed by atoms with van der Waals surface area (Å²) in [5.41, 5.74) is 10.8. The molecular weight excluding hydrogens is 480 g/mol. The molecule has 0 aromatic carbocycles. The van der Waals surface area contributed by atoms with E-state index in [2.05, 4.69) is 148 Å². The molecule has 0 N–H and O–H groups in total. The van der Waals surface area contributed by atoms with Crippen molar-refractivity contribution in [3.8, 4) is 0 Å². The number of hydrogen-bond donors (Lipinski definition) is 0. The molecule has 218 valence electrons. The Bertz CT molecular complexity index is 1150. The zero-order valence-corrected chi connectivity index (χ0v) is 27.5. The molecule has 2 rings (SSSR count). The molecule has 0 spiro atoms. The lowest BCUT2D eigenvalue weighted by Crippen LogP contribution is -2.19. The summed E-state index contributed by atoms with van der Waals surface area (Å²) in [6.07, 6.45) is 37.7. The van der Waals surface area contributed by atoms with Crippen LogP contribution in [0.25, 0.3) is 0 Å². The molecule has 0 heterocycles. The van der Waals surface area contributed by atoms with Crippen molar-refractivity contribution in [2.45, 2.75) is 114 Å². The van der Waals surface area contributed by atoms with E-state index in [1.165, 1.54) is 36.0 Å². The average molecular weight is 539 g/mol. The summed E-state index contributed by atoms with van der Waals surface area (Å²) in [7, 11) is 0. The lowest BCUT2D eigenvalue weighted by atomic mass is 9.72. The summed E-state index contributed by atoms with van der Waals surface area (Å²) < 4.78 is 0. The van der Waals surface area contributed by atoms with Gasteiger partial charge in [0.05, 0.1) is 0 Å². The second kappa shape index (κ2) is 16.0. The number of hydrogen-bond acceptors (Lipinski definition) is 0. The van der Waals surface area contributed by atoms with Crippen LogP contribution in [0.15, 0.2) is 118 Å². The first kappa shape index (κ1) is 33.6. The van der Waals surface area contributed by atoms with Gasteiger partial charge in [-0.2, -0.15) is 0 Å². The molecule has 1 atom stereocenters. The quantitative estimate of drug-likeness (QED) is 0.171. The van der Waals surface area contributed by atoms with Gasteiger partial charge >= 0.3 is 0 Å². The monoisotopic (exact) mass is 538 g/mol. The standard InChI is InChI=1S/C40H58/c1-31(19-13-21-33(3)25-27-37-35(5)23-15-29-39(37,7)8)17-11-12-18-32(2)20-14-22-34(4)26-28-38-36(6)24-16-30-40(38,9)10/h11-15,17-21,26,28-29,34H,16,22-25,27,30H2,1-10H3/b12-11+,19-13-,20-14?,28-26+,31-17+,32-18+,33-21+. The van der Waals surface area contributed by atoms with Crippen LogP contribution in [0.4, 0.5) is 0 Å². The first-order valence-corrected chi connectivity index (χ1v) is 15.6. The summed E-state index contributed by atoms with van der Waals surface area (Å²) in [4.78, 5) is 0. The smallest absolute Gasteiger partial charge is 0.00371 e. The first-order chi connectivity index (χ1) is 18.8. The van der Waals surface area contributed by atoms with E-state index in [0.717, 1.165) is 25.7 Å². The van der Waals surface area contributed by atoms with E-state index in [9.17, 15) is 0 Å². The molecule has 0 saturated carbocycles. The predicted molar refractivity (Wildman–Crippen MR) is 181 cm³/mol. The Kier molecular flexibility index (Phi) is 13.4. The van der Waals surface area contributed by atoms with E-state index in [4.69, 9.17) is 0 Å². The largest absolute Gasteiger partial charge is 0.0837 e. The molecular formula is C40H58. The van der Waals surface area contributed by atoms with Gasteiger partial charge < -0.3 is 0 Å². The van der Waals surface area contributed by atoms with Crippen LogP contribution in [0, 0.1) is 16.7 Å². The fourth-order valence-electron chi connectivity index (χ4n) is 5.95. The lowest BCUT2D eigenvalue weighted by Gasteiger charge is -2.33. The van der Waals surface area contributed by atoms with Gasteiger partial charge in [-0.15, -0.1) is 0 Å².